The number of nitrogens with zero attached hydrogens (tertiary/aromatic N) is 3. The van der Waals surface area contributed by atoms with E-state index in [0.717, 1.165) is 0 Å². The second-order valence-electron chi connectivity index (χ2n) is 8.03. The van der Waals surface area contributed by atoms with E-state index in [1.54, 1.807) is 6.07 Å². The average Bonchev–Trinajstić information content (AvgIpc) is 3.46. The highest BCUT2D eigenvalue weighted by molar-refractivity contribution is 6.01. The standard InChI is InChI=1S/C20H24FN3O7/c1-10-6-23(7-11(2)30-10)16-13(19-27-3-4-28-19)5-14-17(15(16)21)31-22-18(14)24-12(8-25)9-29-20(24)26/h5,10-12,19,25H,3-4,6-9H2,1-2H3/t10-,11-,12+/m1/s1. The van der Waals surface area contributed by atoms with Gasteiger partial charge in [0.05, 0.1) is 49.1 Å². The second-order valence-corrected chi connectivity index (χ2v) is 8.03. The van der Waals surface area contributed by atoms with Crippen molar-refractivity contribution < 1.29 is 37.8 Å². The largest absolute Gasteiger partial charge is 0.447 e. The summed E-state index contributed by atoms with van der Waals surface area (Å²) in [6.07, 6.45) is -1.62. The first-order chi connectivity index (χ1) is 15.0. The third-order valence-electron chi connectivity index (χ3n) is 5.70. The van der Waals surface area contributed by atoms with Crippen LogP contribution < -0.4 is 9.80 Å². The van der Waals surface area contributed by atoms with Gasteiger partial charge in [0.1, 0.15) is 6.61 Å². The number of amides is 1. The molecule has 10 nitrogen and oxygen atoms in total. The van der Waals surface area contributed by atoms with Crippen molar-refractivity contribution in [2.45, 2.75) is 38.4 Å². The Balaban J connectivity index is 1.66. The number of aliphatic hydroxyl groups excluding tert-OH is 1. The number of anilines is 2. The van der Waals surface area contributed by atoms with Gasteiger partial charge in [-0.25, -0.2) is 14.1 Å². The molecule has 1 N–H and O–H groups in total. The number of hydrogen-bond acceptors (Lipinski definition) is 9. The zero-order chi connectivity index (χ0) is 21.7. The molecule has 1 amide bonds. The molecular formula is C20H24FN3O7. The van der Waals surface area contributed by atoms with E-state index in [-0.39, 0.29) is 42.2 Å². The first kappa shape index (κ1) is 20.4. The molecule has 5 rings (SSSR count). The van der Waals surface area contributed by atoms with Crippen molar-refractivity contribution in [2.24, 2.45) is 0 Å². The monoisotopic (exact) mass is 437 g/mol. The zero-order valence-corrected chi connectivity index (χ0v) is 17.2. The topological polar surface area (TPSA) is 107 Å². The number of fused-ring (bicyclic) bond motifs is 1. The summed E-state index contributed by atoms with van der Waals surface area (Å²) in [6.45, 7) is 5.30. The molecule has 0 saturated carbocycles. The molecular weight excluding hydrogens is 413 g/mol. The van der Waals surface area contributed by atoms with E-state index in [0.29, 0.717) is 37.6 Å². The Labute approximate surface area is 177 Å². The quantitative estimate of drug-likeness (QED) is 0.768. The molecule has 3 aliphatic heterocycles. The van der Waals surface area contributed by atoms with Crippen LogP contribution >= 0.6 is 0 Å². The molecule has 0 spiro atoms. The van der Waals surface area contributed by atoms with E-state index in [9.17, 15) is 9.90 Å². The normalized spacial score (nSPS) is 27.5. The summed E-state index contributed by atoms with van der Waals surface area (Å²) < 4.78 is 43.4. The summed E-state index contributed by atoms with van der Waals surface area (Å²) in [5.41, 5.74) is 0.711. The number of halogens is 1. The van der Waals surface area contributed by atoms with Gasteiger partial charge in [0.25, 0.3) is 0 Å². The zero-order valence-electron chi connectivity index (χ0n) is 17.2. The fraction of sp³-hybridized carbons (Fsp3) is 0.600. The summed E-state index contributed by atoms with van der Waals surface area (Å²) in [5.74, 6) is -0.523. The third-order valence-corrected chi connectivity index (χ3v) is 5.70. The summed E-state index contributed by atoms with van der Waals surface area (Å²) in [7, 11) is 0. The lowest BCUT2D eigenvalue weighted by Gasteiger charge is -2.38. The van der Waals surface area contributed by atoms with Crippen LogP contribution in [0.4, 0.5) is 20.7 Å². The molecule has 3 saturated heterocycles. The molecule has 1 aromatic heterocycles. The van der Waals surface area contributed by atoms with Crippen molar-refractivity contribution in [1.29, 1.82) is 0 Å². The van der Waals surface area contributed by atoms with Crippen molar-refractivity contribution in [2.75, 3.05) is 49.3 Å². The SMILES string of the molecule is C[C@@H]1CN(c2c(C3OCCO3)cc3c(N4C(=O)OC[C@@H]4CO)noc3c2F)C[C@@H](C)O1. The van der Waals surface area contributed by atoms with Crippen LogP contribution in [-0.4, -0.2) is 74.1 Å². The van der Waals surface area contributed by atoms with Gasteiger partial charge in [0, 0.05) is 18.7 Å². The van der Waals surface area contributed by atoms with Crippen LogP contribution in [0, 0.1) is 5.82 Å². The van der Waals surface area contributed by atoms with E-state index in [1.165, 1.54) is 4.90 Å². The first-order valence-electron chi connectivity index (χ1n) is 10.3. The number of aliphatic hydroxyl groups is 1. The van der Waals surface area contributed by atoms with E-state index < -0.39 is 24.2 Å². The van der Waals surface area contributed by atoms with Crippen LogP contribution in [-0.2, 0) is 18.9 Å². The highest BCUT2D eigenvalue weighted by Crippen LogP contribution is 2.42. The molecule has 0 radical (unpaired) electrons. The Morgan fingerprint density at radius 2 is 1.94 bits per heavy atom. The number of carbonyl (C=O) groups is 1. The summed E-state index contributed by atoms with van der Waals surface area (Å²) in [5, 5.41) is 13.8. The van der Waals surface area contributed by atoms with Crippen molar-refractivity contribution in [3.05, 3.63) is 17.4 Å². The van der Waals surface area contributed by atoms with Crippen molar-refractivity contribution >= 4 is 28.6 Å². The summed E-state index contributed by atoms with van der Waals surface area (Å²) in [4.78, 5) is 15.3. The van der Waals surface area contributed by atoms with Gasteiger partial charge in [-0.2, -0.15) is 0 Å². The Morgan fingerprint density at radius 3 is 2.61 bits per heavy atom. The van der Waals surface area contributed by atoms with Crippen LogP contribution in [0.2, 0.25) is 0 Å². The van der Waals surface area contributed by atoms with Gasteiger partial charge < -0.3 is 33.5 Å². The lowest BCUT2D eigenvalue weighted by atomic mass is 10.0. The number of ether oxygens (including phenoxy) is 4. The molecule has 1 aromatic carbocycles. The van der Waals surface area contributed by atoms with Crippen LogP contribution in [0.5, 0.6) is 0 Å². The van der Waals surface area contributed by atoms with Gasteiger partial charge in [-0.15, -0.1) is 0 Å². The predicted octanol–water partition coefficient (Wildman–Crippen LogP) is 1.94. The fourth-order valence-electron chi connectivity index (χ4n) is 4.46. The third kappa shape index (κ3) is 3.41. The van der Waals surface area contributed by atoms with Crippen LogP contribution in [0.15, 0.2) is 10.6 Å². The maximum absolute atomic E-state index is 15.9. The van der Waals surface area contributed by atoms with E-state index in [2.05, 4.69) is 5.16 Å². The second kappa shape index (κ2) is 7.90. The number of rotatable bonds is 4. The van der Waals surface area contributed by atoms with Crippen LogP contribution in [0.1, 0.15) is 25.7 Å². The highest BCUT2D eigenvalue weighted by atomic mass is 19.1. The van der Waals surface area contributed by atoms with Crippen molar-refractivity contribution in [3.8, 4) is 0 Å². The molecule has 3 fully saturated rings. The van der Waals surface area contributed by atoms with E-state index in [1.807, 2.05) is 18.7 Å². The van der Waals surface area contributed by atoms with Gasteiger partial charge in [0.2, 0.25) is 5.58 Å². The molecule has 168 valence electrons. The Kier molecular flexibility index (Phi) is 5.21. The number of benzene rings is 1. The van der Waals surface area contributed by atoms with Gasteiger partial charge in [-0.05, 0) is 19.9 Å². The Morgan fingerprint density at radius 1 is 1.23 bits per heavy atom. The summed E-state index contributed by atoms with van der Waals surface area (Å²) in [6, 6.07) is 1.05. The maximum atomic E-state index is 15.9. The molecule has 0 bridgehead atoms. The van der Waals surface area contributed by atoms with E-state index in [4.69, 9.17) is 23.5 Å². The predicted molar refractivity (Wildman–Crippen MR) is 106 cm³/mol. The highest BCUT2D eigenvalue weighted by Gasteiger charge is 2.39. The van der Waals surface area contributed by atoms with Crippen LogP contribution in [0.3, 0.4) is 0 Å². The lowest BCUT2D eigenvalue weighted by molar-refractivity contribution is -0.0445. The molecule has 0 aliphatic carbocycles. The minimum absolute atomic E-state index is 0.00944. The van der Waals surface area contributed by atoms with Crippen LogP contribution in [0.25, 0.3) is 11.0 Å². The number of hydrogen-bond donors (Lipinski definition) is 1. The molecule has 31 heavy (non-hydrogen) atoms. The molecule has 4 heterocycles. The number of carbonyl (C=O) groups excluding carboxylic acids is 1. The number of morpholine rings is 1. The minimum Gasteiger partial charge on any atom is -0.447 e. The number of aromatic nitrogens is 1. The van der Waals surface area contributed by atoms with Gasteiger partial charge in [0.15, 0.2) is 17.9 Å². The van der Waals surface area contributed by atoms with Gasteiger partial charge in [-0.3, -0.25) is 0 Å². The van der Waals surface area contributed by atoms with Crippen molar-refractivity contribution in [3.63, 3.8) is 0 Å². The molecule has 3 atom stereocenters. The average molecular weight is 437 g/mol. The van der Waals surface area contributed by atoms with Gasteiger partial charge >= 0.3 is 6.09 Å². The molecule has 2 aromatic rings. The number of cyclic esters (lactones) is 1. The first-order valence-corrected chi connectivity index (χ1v) is 10.3. The fourth-order valence-corrected chi connectivity index (χ4v) is 4.46. The maximum Gasteiger partial charge on any atom is 0.416 e. The van der Waals surface area contributed by atoms with Crippen molar-refractivity contribution in [1.82, 2.24) is 5.16 Å². The van der Waals surface area contributed by atoms with Gasteiger partial charge in [-0.1, -0.05) is 5.16 Å². The smallest absolute Gasteiger partial charge is 0.416 e. The van der Waals surface area contributed by atoms with E-state index >= 15 is 4.39 Å². The lowest BCUT2D eigenvalue weighted by Crippen LogP contribution is -2.46. The molecule has 0 unspecified atom stereocenters. The summed E-state index contributed by atoms with van der Waals surface area (Å²) >= 11 is 0. The molecule has 3 aliphatic rings. The Hall–Kier alpha value is -2.47. The molecule has 11 heteroatoms. The Bertz CT molecular complexity index is 983. The minimum atomic E-state index is -0.760.